The Morgan fingerprint density at radius 2 is 1.72 bits per heavy atom. The molecule has 1 aliphatic carbocycles. The van der Waals surface area contributed by atoms with Crippen LogP contribution in [0.15, 0.2) is 59.5 Å². The standard InChI is InChI=1S/C30H45N3O5S/c1-4-38-19-18-30(16-8-9-17-30)29(35)32-27(20-24-10-6-5-7-11-24)28(34)22-33(21-23(2)3)39(36,37)26-14-12-25(31)13-15-26/h5-7,10-15,23,27-28,34H,4,8-9,16-22,31H2,1-3H3,(H,32,35)/t27-,28+/m0/s1. The van der Waals surface area contributed by atoms with Gasteiger partial charge in [0.15, 0.2) is 0 Å². The number of benzene rings is 2. The maximum atomic E-state index is 13.8. The summed E-state index contributed by atoms with van der Waals surface area (Å²) in [5.41, 5.74) is 6.67. The van der Waals surface area contributed by atoms with E-state index in [1.54, 1.807) is 12.1 Å². The predicted octanol–water partition coefficient (Wildman–Crippen LogP) is 3.99. The minimum atomic E-state index is -3.90. The maximum absolute atomic E-state index is 13.8. The normalized spacial score (nSPS) is 16.9. The minimum absolute atomic E-state index is 0.0308. The van der Waals surface area contributed by atoms with Gasteiger partial charge in [0.1, 0.15) is 0 Å². The van der Waals surface area contributed by atoms with Crippen molar-refractivity contribution < 1.29 is 23.1 Å². The van der Waals surface area contributed by atoms with Crippen LogP contribution in [0.5, 0.6) is 0 Å². The van der Waals surface area contributed by atoms with Crippen LogP contribution in [0.4, 0.5) is 5.69 Å². The molecule has 8 nitrogen and oxygen atoms in total. The number of aliphatic hydroxyl groups excluding tert-OH is 1. The average molecular weight is 560 g/mol. The Balaban J connectivity index is 1.86. The molecule has 2 aromatic carbocycles. The van der Waals surface area contributed by atoms with Crippen LogP contribution in [0.3, 0.4) is 0 Å². The molecule has 0 bridgehead atoms. The van der Waals surface area contributed by atoms with E-state index >= 15 is 0 Å². The highest BCUT2D eigenvalue weighted by Gasteiger charge is 2.42. The number of sulfonamides is 1. The molecular weight excluding hydrogens is 514 g/mol. The number of hydrogen-bond acceptors (Lipinski definition) is 6. The number of nitrogens with one attached hydrogen (secondary N) is 1. The van der Waals surface area contributed by atoms with Gasteiger partial charge in [0.05, 0.1) is 22.5 Å². The summed E-state index contributed by atoms with van der Waals surface area (Å²) in [6.45, 7) is 7.00. The molecule has 9 heteroatoms. The van der Waals surface area contributed by atoms with Crippen molar-refractivity contribution in [1.29, 1.82) is 0 Å². The summed E-state index contributed by atoms with van der Waals surface area (Å²) in [6.07, 6.45) is 3.41. The summed E-state index contributed by atoms with van der Waals surface area (Å²) in [4.78, 5) is 13.9. The fraction of sp³-hybridized carbons (Fsp3) is 0.567. The molecule has 39 heavy (non-hydrogen) atoms. The second-order valence-corrected chi connectivity index (χ2v) is 13.0. The van der Waals surface area contributed by atoms with E-state index in [1.807, 2.05) is 51.1 Å². The highest BCUT2D eigenvalue weighted by atomic mass is 32.2. The number of hydrogen-bond donors (Lipinski definition) is 3. The van der Waals surface area contributed by atoms with Crippen molar-refractivity contribution in [3.8, 4) is 0 Å². The quantitative estimate of drug-likeness (QED) is 0.224. The zero-order valence-electron chi connectivity index (χ0n) is 23.5. The van der Waals surface area contributed by atoms with E-state index < -0.39 is 27.6 Å². The van der Waals surface area contributed by atoms with Gasteiger partial charge in [-0.1, -0.05) is 57.0 Å². The van der Waals surface area contributed by atoms with E-state index in [1.165, 1.54) is 16.4 Å². The number of amides is 1. The van der Waals surface area contributed by atoms with E-state index in [4.69, 9.17) is 10.5 Å². The highest BCUT2D eigenvalue weighted by Crippen LogP contribution is 2.41. The van der Waals surface area contributed by atoms with Gasteiger partial charge in [-0.2, -0.15) is 4.31 Å². The Morgan fingerprint density at radius 1 is 1.08 bits per heavy atom. The summed E-state index contributed by atoms with van der Waals surface area (Å²) in [6, 6.07) is 15.0. The Hall–Kier alpha value is -2.46. The van der Waals surface area contributed by atoms with Crippen molar-refractivity contribution in [2.24, 2.45) is 11.3 Å². The molecular formula is C30H45N3O5S. The minimum Gasteiger partial charge on any atom is -0.399 e. The summed E-state index contributed by atoms with van der Waals surface area (Å²) in [7, 11) is -3.90. The van der Waals surface area contributed by atoms with Crippen LogP contribution in [0.2, 0.25) is 0 Å². The van der Waals surface area contributed by atoms with Gasteiger partial charge in [-0.15, -0.1) is 0 Å². The number of carbonyl (C=O) groups excluding carboxylic acids is 1. The lowest BCUT2D eigenvalue weighted by Crippen LogP contribution is -2.54. The van der Waals surface area contributed by atoms with E-state index in [9.17, 15) is 18.3 Å². The topological polar surface area (TPSA) is 122 Å². The molecule has 2 atom stereocenters. The molecule has 1 amide bonds. The monoisotopic (exact) mass is 559 g/mol. The second-order valence-electron chi connectivity index (χ2n) is 11.1. The molecule has 0 spiro atoms. The molecule has 4 N–H and O–H groups in total. The first kappa shape index (κ1) is 31.1. The third-order valence-corrected chi connectivity index (χ3v) is 9.37. The Kier molecular flexibility index (Phi) is 11.4. The third kappa shape index (κ3) is 8.51. The van der Waals surface area contributed by atoms with Gasteiger partial charge in [0.2, 0.25) is 15.9 Å². The van der Waals surface area contributed by atoms with Crippen LogP contribution in [0, 0.1) is 11.3 Å². The molecule has 2 aromatic rings. The number of aliphatic hydroxyl groups is 1. The molecule has 3 rings (SSSR count). The van der Waals surface area contributed by atoms with Gasteiger partial charge in [-0.3, -0.25) is 4.79 Å². The van der Waals surface area contributed by atoms with Gasteiger partial charge in [0, 0.05) is 32.0 Å². The van der Waals surface area contributed by atoms with Crippen LogP contribution in [0.25, 0.3) is 0 Å². The molecule has 0 aliphatic heterocycles. The first-order chi connectivity index (χ1) is 18.6. The van der Waals surface area contributed by atoms with Crippen LogP contribution in [-0.4, -0.2) is 62.2 Å². The zero-order chi connectivity index (χ0) is 28.5. The number of anilines is 1. The lowest BCUT2D eigenvalue weighted by atomic mass is 9.81. The Labute approximate surface area is 234 Å². The average Bonchev–Trinajstić information content (AvgIpc) is 3.39. The van der Waals surface area contributed by atoms with E-state index in [0.29, 0.717) is 31.7 Å². The fourth-order valence-electron chi connectivity index (χ4n) is 5.33. The van der Waals surface area contributed by atoms with Gasteiger partial charge in [-0.05, 0) is 68.4 Å². The molecule has 0 heterocycles. The predicted molar refractivity (Wildman–Crippen MR) is 155 cm³/mol. The smallest absolute Gasteiger partial charge is 0.243 e. The number of carbonyl (C=O) groups is 1. The molecule has 1 aliphatic rings. The molecule has 0 unspecified atom stereocenters. The SMILES string of the molecule is CCOCCC1(C(=O)N[C@@H](Cc2ccccc2)[C@H](O)CN(CC(C)C)S(=O)(=O)c2ccc(N)cc2)CCCC1. The zero-order valence-corrected chi connectivity index (χ0v) is 24.3. The Bertz CT molecular complexity index is 1130. The summed E-state index contributed by atoms with van der Waals surface area (Å²) in [5.74, 6) is -0.0558. The van der Waals surface area contributed by atoms with Gasteiger partial charge >= 0.3 is 0 Å². The molecule has 1 fully saturated rings. The molecule has 1 saturated carbocycles. The van der Waals surface area contributed by atoms with Crippen molar-refractivity contribution in [3.05, 3.63) is 60.2 Å². The number of rotatable bonds is 15. The fourth-order valence-corrected chi connectivity index (χ4v) is 6.95. The Morgan fingerprint density at radius 3 is 2.31 bits per heavy atom. The highest BCUT2D eigenvalue weighted by molar-refractivity contribution is 7.89. The maximum Gasteiger partial charge on any atom is 0.243 e. The van der Waals surface area contributed by atoms with Gasteiger partial charge < -0.3 is 20.9 Å². The lowest BCUT2D eigenvalue weighted by molar-refractivity contribution is -0.133. The molecule has 0 aromatic heterocycles. The van der Waals surface area contributed by atoms with Crippen molar-refractivity contribution in [2.75, 3.05) is 32.0 Å². The van der Waals surface area contributed by atoms with Gasteiger partial charge in [0.25, 0.3) is 0 Å². The number of ether oxygens (including phenoxy) is 1. The van der Waals surface area contributed by atoms with Crippen molar-refractivity contribution in [1.82, 2.24) is 9.62 Å². The second kappa shape index (κ2) is 14.3. The molecule has 0 saturated heterocycles. The summed E-state index contributed by atoms with van der Waals surface area (Å²) < 4.78 is 34.1. The van der Waals surface area contributed by atoms with Crippen molar-refractivity contribution in [2.45, 2.75) is 76.3 Å². The van der Waals surface area contributed by atoms with Crippen molar-refractivity contribution in [3.63, 3.8) is 0 Å². The van der Waals surface area contributed by atoms with Crippen LogP contribution in [0.1, 0.15) is 58.4 Å². The van der Waals surface area contributed by atoms with E-state index in [0.717, 1.165) is 31.2 Å². The van der Waals surface area contributed by atoms with Crippen LogP contribution in [-0.2, 0) is 26.0 Å². The van der Waals surface area contributed by atoms with E-state index in [-0.39, 0.29) is 29.8 Å². The summed E-state index contributed by atoms with van der Waals surface area (Å²) >= 11 is 0. The number of nitrogens with zero attached hydrogens (tertiary/aromatic N) is 1. The van der Waals surface area contributed by atoms with Crippen LogP contribution >= 0.6 is 0 Å². The summed E-state index contributed by atoms with van der Waals surface area (Å²) in [5, 5.41) is 14.7. The lowest BCUT2D eigenvalue weighted by Gasteiger charge is -2.34. The number of nitrogens with two attached hydrogens (primary N) is 1. The largest absolute Gasteiger partial charge is 0.399 e. The van der Waals surface area contributed by atoms with Crippen molar-refractivity contribution >= 4 is 21.6 Å². The molecule has 216 valence electrons. The molecule has 0 radical (unpaired) electrons. The van der Waals surface area contributed by atoms with E-state index in [2.05, 4.69) is 5.32 Å². The van der Waals surface area contributed by atoms with Gasteiger partial charge in [-0.25, -0.2) is 8.42 Å². The van der Waals surface area contributed by atoms with Crippen LogP contribution < -0.4 is 11.1 Å². The number of nitrogen functional groups attached to an aromatic ring is 1. The first-order valence-corrected chi connectivity index (χ1v) is 15.5. The third-order valence-electron chi connectivity index (χ3n) is 7.53. The first-order valence-electron chi connectivity index (χ1n) is 14.0.